The van der Waals surface area contributed by atoms with Gasteiger partial charge >= 0.3 is 5.69 Å². The van der Waals surface area contributed by atoms with Gasteiger partial charge in [-0.15, -0.1) is 0 Å². The topological polar surface area (TPSA) is 77.3 Å². The van der Waals surface area contributed by atoms with Crippen molar-refractivity contribution in [2.75, 3.05) is 11.9 Å². The standard InChI is InChI=1S/C13H16ClN3O3/c1-13(2)10(8-3-4-20-11(8)13)16-12-9(17(18)19)5-7(14)6-15-12/h5-6,8,10-11H,3-4H2,1-2H3,(H,15,16)/t8-,10+,11+/m0/s1. The lowest BCUT2D eigenvalue weighted by molar-refractivity contribution is -0.384. The molecule has 1 N–H and O–H groups in total. The van der Waals surface area contributed by atoms with E-state index in [1.54, 1.807) is 0 Å². The van der Waals surface area contributed by atoms with Crippen LogP contribution in [0.4, 0.5) is 11.5 Å². The average molecular weight is 298 g/mol. The monoisotopic (exact) mass is 297 g/mol. The number of nitrogens with zero attached hydrogens (tertiary/aromatic N) is 2. The summed E-state index contributed by atoms with van der Waals surface area (Å²) in [4.78, 5) is 14.7. The Morgan fingerprint density at radius 2 is 2.35 bits per heavy atom. The second-order valence-electron chi connectivity index (χ2n) is 5.97. The fraction of sp³-hybridized carbons (Fsp3) is 0.615. The van der Waals surface area contributed by atoms with Gasteiger partial charge in [0.1, 0.15) is 0 Å². The van der Waals surface area contributed by atoms with Crippen molar-refractivity contribution < 1.29 is 9.66 Å². The molecule has 1 saturated carbocycles. The van der Waals surface area contributed by atoms with Crippen LogP contribution in [0.2, 0.25) is 5.02 Å². The van der Waals surface area contributed by atoms with E-state index in [9.17, 15) is 10.1 Å². The number of hydrogen-bond acceptors (Lipinski definition) is 5. The van der Waals surface area contributed by atoms with E-state index in [0.717, 1.165) is 13.0 Å². The van der Waals surface area contributed by atoms with Crippen LogP contribution in [0, 0.1) is 21.4 Å². The number of anilines is 1. The summed E-state index contributed by atoms with van der Waals surface area (Å²) in [6.45, 7) is 4.98. The van der Waals surface area contributed by atoms with Crippen molar-refractivity contribution in [2.45, 2.75) is 32.4 Å². The molecule has 0 bridgehead atoms. The number of halogens is 1. The van der Waals surface area contributed by atoms with E-state index in [-0.39, 0.29) is 34.1 Å². The van der Waals surface area contributed by atoms with Crippen molar-refractivity contribution in [3.8, 4) is 0 Å². The molecule has 108 valence electrons. The minimum absolute atomic E-state index is 0.0592. The van der Waals surface area contributed by atoms with Gasteiger partial charge in [-0.05, 0) is 6.42 Å². The zero-order valence-corrected chi connectivity index (χ0v) is 12.1. The van der Waals surface area contributed by atoms with E-state index < -0.39 is 4.92 Å². The molecule has 2 heterocycles. The average Bonchev–Trinajstić information content (AvgIpc) is 2.83. The highest BCUT2D eigenvalue weighted by Crippen LogP contribution is 2.53. The van der Waals surface area contributed by atoms with Gasteiger partial charge in [0.15, 0.2) is 0 Å². The summed E-state index contributed by atoms with van der Waals surface area (Å²) in [6.07, 6.45) is 2.63. The minimum Gasteiger partial charge on any atom is -0.377 e. The quantitative estimate of drug-likeness (QED) is 0.685. The van der Waals surface area contributed by atoms with Crippen molar-refractivity contribution in [1.82, 2.24) is 4.98 Å². The lowest BCUT2D eigenvalue weighted by Crippen LogP contribution is -2.63. The number of ether oxygens (including phenoxy) is 1. The summed E-state index contributed by atoms with van der Waals surface area (Å²) in [7, 11) is 0. The van der Waals surface area contributed by atoms with Gasteiger partial charge in [0.05, 0.1) is 16.0 Å². The molecule has 3 rings (SSSR count). The first-order chi connectivity index (χ1) is 9.41. The number of pyridine rings is 1. The Labute approximate surface area is 121 Å². The smallest absolute Gasteiger partial charge is 0.312 e. The molecule has 1 aliphatic carbocycles. The molecule has 2 aliphatic rings. The van der Waals surface area contributed by atoms with E-state index >= 15 is 0 Å². The van der Waals surface area contributed by atoms with Crippen LogP contribution in [-0.4, -0.2) is 28.7 Å². The van der Waals surface area contributed by atoms with Crippen LogP contribution in [0.1, 0.15) is 20.3 Å². The van der Waals surface area contributed by atoms with E-state index in [1.165, 1.54) is 12.3 Å². The molecule has 0 aromatic carbocycles. The van der Waals surface area contributed by atoms with Crippen molar-refractivity contribution in [2.24, 2.45) is 11.3 Å². The van der Waals surface area contributed by atoms with Crippen LogP contribution in [-0.2, 0) is 4.74 Å². The molecule has 1 aromatic rings. The fourth-order valence-electron chi connectivity index (χ4n) is 3.44. The van der Waals surface area contributed by atoms with E-state index in [0.29, 0.717) is 5.92 Å². The fourth-order valence-corrected chi connectivity index (χ4v) is 3.60. The molecule has 0 unspecified atom stereocenters. The summed E-state index contributed by atoms with van der Waals surface area (Å²) >= 11 is 5.78. The van der Waals surface area contributed by atoms with Gasteiger partial charge in [-0.25, -0.2) is 4.98 Å². The number of rotatable bonds is 3. The molecule has 1 aromatic heterocycles. The Bertz CT molecular complexity index is 564. The zero-order valence-electron chi connectivity index (χ0n) is 11.3. The third-order valence-electron chi connectivity index (χ3n) is 4.42. The lowest BCUT2D eigenvalue weighted by atomic mass is 9.57. The zero-order chi connectivity index (χ0) is 14.5. The molecular formula is C13H16ClN3O3. The second-order valence-corrected chi connectivity index (χ2v) is 6.40. The van der Waals surface area contributed by atoms with Crippen molar-refractivity contribution in [3.05, 3.63) is 27.4 Å². The number of nitrogens with one attached hydrogen (secondary N) is 1. The van der Waals surface area contributed by atoms with Crippen molar-refractivity contribution in [1.29, 1.82) is 0 Å². The summed E-state index contributed by atoms with van der Waals surface area (Å²) in [5, 5.41) is 14.6. The second kappa shape index (κ2) is 4.56. The maximum absolute atomic E-state index is 11.1. The summed E-state index contributed by atoms with van der Waals surface area (Å²) in [6, 6.07) is 1.45. The molecule has 0 spiro atoms. The predicted molar refractivity (Wildman–Crippen MR) is 74.9 cm³/mol. The highest BCUT2D eigenvalue weighted by molar-refractivity contribution is 6.30. The molecule has 20 heavy (non-hydrogen) atoms. The van der Waals surface area contributed by atoms with Crippen LogP contribution in [0.25, 0.3) is 0 Å². The van der Waals surface area contributed by atoms with Crippen LogP contribution < -0.4 is 5.32 Å². The Kier molecular flexibility index (Phi) is 3.10. The third kappa shape index (κ3) is 1.94. The summed E-state index contributed by atoms with van der Waals surface area (Å²) in [5.41, 5.74) is -0.147. The van der Waals surface area contributed by atoms with Gasteiger partial charge in [0.2, 0.25) is 5.82 Å². The van der Waals surface area contributed by atoms with Gasteiger partial charge in [-0.1, -0.05) is 25.4 Å². The minimum atomic E-state index is -0.463. The lowest BCUT2D eigenvalue weighted by Gasteiger charge is -2.54. The van der Waals surface area contributed by atoms with Crippen LogP contribution >= 0.6 is 11.6 Å². The van der Waals surface area contributed by atoms with E-state index in [1.807, 2.05) is 0 Å². The molecule has 6 nitrogen and oxygen atoms in total. The van der Waals surface area contributed by atoms with Crippen LogP contribution in [0.15, 0.2) is 12.3 Å². The van der Waals surface area contributed by atoms with Gasteiger partial charge in [-0.3, -0.25) is 10.1 Å². The van der Waals surface area contributed by atoms with E-state index in [2.05, 4.69) is 24.1 Å². The van der Waals surface area contributed by atoms with Crippen molar-refractivity contribution >= 4 is 23.1 Å². The third-order valence-corrected chi connectivity index (χ3v) is 4.63. The molecule has 1 saturated heterocycles. The highest BCUT2D eigenvalue weighted by atomic mass is 35.5. The first-order valence-electron chi connectivity index (χ1n) is 6.59. The summed E-state index contributed by atoms with van der Waals surface area (Å²) in [5.74, 6) is 0.671. The van der Waals surface area contributed by atoms with E-state index in [4.69, 9.17) is 16.3 Å². The first-order valence-corrected chi connectivity index (χ1v) is 6.97. The maximum atomic E-state index is 11.1. The van der Waals surface area contributed by atoms with Gasteiger partial charge < -0.3 is 10.1 Å². The molecule has 3 atom stereocenters. The number of aromatic nitrogens is 1. The normalized spacial score (nSPS) is 30.4. The Morgan fingerprint density at radius 3 is 3.05 bits per heavy atom. The van der Waals surface area contributed by atoms with Gasteiger partial charge in [-0.2, -0.15) is 0 Å². The number of fused-ring (bicyclic) bond motifs is 1. The molecule has 7 heteroatoms. The van der Waals surface area contributed by atoms with Gasteiger partial charge in [0, 0.05) is 36.2 Å². The van der Waals surface area contributed by atoms with Crippen molar-refractivity contribution in [3.63, 3.8) is 0 Å². The Balaban J connectivity index is 1.87. The largest absolute Gasteiger partial charge is 0.377 e. The Morgan fingerprint density at radius 1 is 1.60 bits per heavy atom. The maximum Gasteiger partial charge on any atom is 0.312 e. The molecule has 1 aliphatic heterocycles. The SMILES string of the molecule is CC1(C)[C@H](Nc2ncc(Cl)cc2[N+](=O)[O-])[C@@H]2CCO[C@H]21. The molecule has 0 radical (unpaired) electrons. The predicted octanol–water partition coefficient (Wildman–Crippen LogP) is 2.87. The van der Waals surface area contributed by atoms with Gasteiger partial charge in [0.25, 0.3) is 0 Å². The molecule has 0 amide bonds. The Hall–Kier alpha value is -1.40. The van der Waals surface area contributed by atoms with Crippen LogP contribution in [0.3, 0.4) is 0 Å². The number of nitro groups is 1. The molecule has 2 fully saturated rings. The number of hydrogen-bond donors (Lipinski definition) is 1. The first kappa shape index (κ1) is 13.6. The highest BCUT2D eigenvalue weighted by Gasteiger charge is 2.59. The molecular weight excluding hydrogens is 282 g/mol. The van der Waals surface area contributed by atoms with Crippen LogP contribution in [0.5, 0.6) is 0 Å². The summed E-state index contributed by atoms with van der Waals surface area (Å²) < 4.78 is 5.72.